The van der Waals surface area contributed by atoms with E-state index in [1.807, 2.05) is 0 Å². The molecular weight excluding hydrogens is 509 g/mol. The lowest BCUT2D eigenvalue weighted by molar-refractivity contribution is -0.138. The Morgan fingerprint density at radius 3 is 2.39 bits per heavy atom. The molecule has 10 nitrogen and oxygen atoms in total. The summed E-state index contributed by atoms with van der Waals surface area (Å²) in [5.74, 6) is -0.519. The van der Waals surface area contributed by atoms with Crippen LogP contribution < -0.4 is 24.8 Å². The molecule has 1 aromatic heterocycles. The van der Waals surface area contributed by atoms with Gasteiger partial charge in [-0.3, -0.25) is 4.79 Å². The van der Waals surface area contributed by atoms with Crippen molar-refractivity contribution in [3.8, 4) is 23.0 Å². The van der Waals surface area contributed by atoms with E-state index in [2.05, 4.69) is 20.6 Å². The van der Waals surface area contributed by atoms with E-state index in [4.69, 9.17) is 18.9 Å². The molecule has 1 aliphatic rings. The zero-order chi connectivity index (χ0) is 27.2. The van der Waals surface area contributed by atoms with E-state index in [1.165, 1.54) is 50.1 Å². The minimum Gasteiger partial charge on any atom is -0.497 e. The van der Waals surface area contributed by atoms with Gasteiger partial charge in [-0.05, 0) is 35.9 Å². The molecule has 2 N–H and O–H groups in total. The molecular formula is C25H23F3N4O6. The normalized spacial score (nSPS) is 16.9. The van der Waals surface area contributed by atoms with Gasteiger partial charge in [0, 0.05) is 19.6 Å². The number of aromatic nitrogens is 2. The van der Waals surface area contributed by atoms with Crippen LogP contribution in [0.1, 0.15) is 17.5 Å². The number of amides is 2. The monoisotopic (exact) mass is 532 g/mol. The highest BCUT2D eigenvalue weighted by atomic mass is 19.4. The molecule has 0 spiro atoms. The number of hydrogen-bond acceptors (Lipinski definition) is 8. The van der Waals surface area contributed by atoms with Gasteiger partial charge in [0.2, 0.25) is 5.91 Å². The van der Waals surface area contributed by atoms with Crippen LogP contribution in [0.25, 0.3) is 0 Å². The molecule has 0 saturated carbocycles. The second kappa shape index (κ2) is 11.3. The van der Waals surface area contributed by atoms with Gasteiger partial charge in [0.05, 0.1) is 26.1 Å². The third-order valence-corrected chi connectivity index (χ3v) is 5.64. The molecule has 200 valence electrons. The van der Waals surface area contributed by atoms with Crippen molar-refractivity contribution in [3.63, 3.8) is 0 Å². The number of benzene rings is 2. The van der Waals surface area contributed by atoms with Crippen molar-refractivity contribution in [2.45, 2.75) is 24.7 Å². The van der Waals surface area contributed by atoms with Crippen LogP contribution >= 0.6 is 0 Å². The number of carbonyl (C=O) groups is 2. The molecule has 2 amide bonds. The fourth-order valence-corrected chi connectivity index (χ4v) is 3.67. The summed E-state index contributed by atoms with van der Waals surface area (Å²) in [6.45, 7) is 0.301. The van der Waals surface area contributed by atoms with E-state index >= 15 is 0 Å². The van der Waals surface area contributed by atoms with Crippen molar-refractivity contribution in [3.05, 3.63) is 72.3 Å². The molecule has 0 radical (unpaired) electrons. The Morgan fingerprint density at radius 1 is 1.05 bits per heavy atom. The first kappa shape index (κ1) is 26.7. The van der Waals surface area contributed by atoms with Crippen molar-refractivity contribution in [2.24, 2.45) is 0 Å². The summed E-state index contributed by atoms with van der Waals surface area (Å²) >= 11 is 0. The largest absolute Gasteiger partial charge is 0.497 e. The van der Waals surface area contributed by atoms with Crippen LogP contribution in [0, 0.1) is 0 Å². The average molecular weight is 532 g/mol. The molecule has 4 rings (SSSR count). The third kappa shape index (κ3) is 6.48. The number of nitrogens with one attached hydrogen (secondary N) is 2. The zero-order valence-electron chi connectivity index (χ0n) is 20.1. The number of methoxy groups -OCH3 is 1. The smallest absolute Gasteiger partial charge is 0.420 e. The topological polar surface area (TPSA) is 121 Å². The highest BCUT2D eigenvalue weighted by molar-refractivity contribution is 5.90. The van der Waals surface area contributed by atoms with Crippen molar-refractivity contribution < 1.29 is 41.7 Å². The van der Waals surface area contributed by atoms with E-state index in [9.17, 15) is 22.8 Å². The second-order valence-electron chi connectivity index (χ2n) is 8.26. The van der Waals surface area contributed by atoms with Gasteiger partial charge >= 0.3 is 12.3 Å². The number of alkyl halides is 3. The van der Waals surface area contributed by atoms with Gasteiger partial charge in [0.15, 0.2) is 5.75 Å². The van der Waals surface area contributed by atoms with Gasteiger partial charge in [0.25, 0.3) is 0 Å². The molecule has 3 aromatic rings. The summed E-state index contributed by atoms with van der Waals surface area (Å²) in [5, 5.41) is 5.31. The first-order chi connectivity index (χ1) is 18.2. The Kier molecular flexibility index (Phi) is 7.96. The molecule has 1 aliphatic heterocycles. The Morgan fingerprint density at radius 2 is 1.76 bits per heavy atom. The summed E-state index contributed by atoms with van der Waals surface area (Å²) in [7, 11) is 1.27. The predicted molar refractivity (Wildman–Crippen MR) is 126 cm³/mol. The van der Waals surface area contributed by atoms with Crippen LogP contribution in [0.3, 0.4) is 0 Å². The van der Waals surface area contributed by atoms with Gasteiger partial charge in [0.1, 0.15) is 34.7 Å². The van der Waals surface area contributed by atoms with E-state index in [0.717, 1.165) is 6.07 Å². The molecule has 0 bridgehead atoms. The third-order valence-electron chi connectivity index (χ3n) is 5.64. The lowest BCUT2D eigenvalue weighted by atomic mass is 9.97. The molecule has 0 aliphatic carbocycles. The summed E-state index contributed by atoms with van der Waals surface area (Å²) in [6, 6.07) is 9.58. The highest BCUT2D eigenvalue weighted by Crippen LogP contribution is 2.40. The van der Waals surface area contributed by atoms with Gasteiger partial charge in [-0.25, -0.2) is 14.8 Å². The summed E-state index contributed by atoms with van der Waals surface area (Å²) in [4.78, 5) is 32.8. The number of nitrogens with zero attached hydrogens (tertiary/aromatic N) is 2. The van der Waals surface area contributed by atoms with Crippen molar-refractivity contribution in [1.29, 1.82) is 0 Å². The maximum atomic E-state index is 13.4. The van der Waals surface area contributed by atoms with Crippen LogP contribution in [0.4, 0.5) is 18.0 Å². The number of rotatable bonds is 8. The summed E-state index contributed by atoms with van der Waals surface area (Å²) in [6.07, 6.45) is -1.38. The predicted octanol–water partition coefficient (Wildman–Crippen LogP) is 3.86. The zero-order valence-corrected chi connectivity index (χ0v) is 20.1. The molecule has 2 aromatic carbocycles. The maximum absolute atomic E-state index is 13.4. The highest BCUT2D eigenvalue weighted by Gasteiger charge is 2.44. The first-order valence-electron chi connectivity index (χ1n) is 11.3. The quantitative estimate of drug-likeness (QED) is 0.449. The molecule has 1 atom stereocenters. The van der Waals surface area contributed by atoms with Gasteiger partial charge in [-0.1, -0.05) is 12.1 Å². The lowest BCUT2D eigenvalue weighted by Crippen LogP contribution is -2.59. The number of halogens is 3. The van der Waals surface area contributed by atoms with Crippen molar-refractivity contribution >= 4 is 12.0 Å². The summed E-state index contributed by atoms with van der Waals surface area (Å²) in [5.41, 5.74) is -1.66. The molecule has 1 saturated heterocycles. The van der Waals surface area contributed by atoms with Crippen LogP contribution in [0.2, 0.25) is 0 Å². The van der Waals surface area contributed by atoms with Crippen molar-refractivity contribution in [2.75, 3.05) is 20.3 Å². The Balaban J connectivity index is 1.37. The average Bonchev–Trinajstić information content (AvgIpc) is 3.37. The Bertz CT molecular complexity index is 1270. The number of carbonyl (C=O) groups excluding carboxylic acids is 2. The number of hydrogen-bond donors (Lipinski definition) is 2. The van der Waals surface area contributed by atoms with Gasteiger partial charge in [-0.15, -0.1) is 0 Å². The van der Waals surface area contributed by atoms with Crippen LogP contribution in [-0.2, 0) is 22.3 Å². The fourth-order valence-electron chi connectivity index (χ4n) is 3.67. The Labute approximate surface area is 215 Å². The second-order valence-corrected chi connectivity index (χ2v) is 8.26. The van der Waals surface area contributed by atoms with Gasteiger partial charge < -0.3 is 29.6 Å². The van der Waals surface area contributed by atoms with Gasteiger partial charge in [-0.2, -0.15) is 13.2 Å². The van der Waals surface area contributed by atoms with E-state index in [1.54, 1.807) is 12.1 Å². The van der Waals surface area contributed by atoms with Crippen LogP contribution in [-0.4, -0.2) is 47.8 Å². The first-order valence-corrected chi connectivity index (χ1v) is 11.3. The SMILES string of the molecule is COc1ccc(Oc2ccc(CNC(=O)[C@@]3(NC(=O)Oc4cncnc4)CCOC3)cc2)c(C(F)(F)F)c1. The minimum atomic E-state index is -4.64. The lowest BCUT2D eigenvalue weighted by Gasteiger charge is -2.27. The standard InChI is InChI=1S/C25H23F3N4O6/c1-35-18-6-7-21(20(10-18)25(26,27)28)37-17-4-2-16(3-5-17)11-31-22(33)24(8-9-36-14-24)32-23(34)38-19-12-29-15-30-13-19/h2-7,10,12-13,15H,8-9,11,14H2,1H3,(H,31,33)(H,32,34)/t24-/m1/s1. The minimum absolute atomic E-state index is 0.0462. The fraction of sp³-hybridized carbons (Fsp3) is 0.280. The van der Waals surface area contributed by atoms with Crippen LogP contribution in [0.15, 0.2) is 61.2 Å². The number of ether oxygens (including phenoxy) is 4. The Hall–Kier alpha value is -4.39. The molecule has 38 heavy (non-hydrogen) atoms. The molecule has 13 heteroatoms. The van der Waals surface area contributed by atoms with Crippen molar-refractivity contribution in [1.82, 2.24) is 20.6 Å². The van der Waals surface area contributed by atoms with E-state index < -0.39 is 29.3 Å². The van der Waals surface area contributed by atoms with E-state index in [0.29, 0.717) is 5.56 Å². The van der Waals surface area contributed by atoms with Crippen LogP contribution in [0.5, 0.6) is 23.0 Å². The maximum Gasteiger partial charge on any atom is 0.420 e. The molecule has 1 fully saturated rings. The summed E-state index contributed by atoms with van der Waals surface area (Å²) < 4.78 is 61.1. The molecule has 0 unspecified atom stereocenters. The van der Waals surface area contributed by atoms with E-state index in [-0.39, 0.29) is 49.2 Å². The molecule has 2 heterocycles.